The van der Waals surface area contributed by atoms with Gasteiger partial charge in [0.1, 0.15) is 5.75 Å². The third-order valence-corrected chi connectivity index (χ3v) is 6.26. The van der Waals surface area contributed by atoms with Crippen molar-refractivity contribution in [3.8, 4) is 5.75 Å². The lowest BCUT2D eigenvalue weighted by atomic mass is 9.90. The van der Waals surface area contributed by atoms with Crippen molar-refractivity contribution in [2.75, 3.05) is 9.80 Å². The number of aliphatic hydroxyl groups is 1. The number of amides is 2. The molecule has 35 heavy (non-hydrogen) atoms. The van der Waals surface area contributed by atoms with E-state index in [0.29, 0.717) is 34.3 Å². The van der Waals surface area contributed by atoms with Gasteiger partial charge in [-0.2, -0.15) is 0 Å². The van der Waals surface area contributed by atoms with Crippen molar-refractivity contribution >= 4 is 40.6 Å². The van der Waals surface area contributed by atoms with Gasteiger partial charge in [-0.05, 0) is 67.1 Å². The molecule has 0 aliphatic carbocycles. The van der Waals surface area contributed by atoms with Gasteiger partial charge in [0.05, 0.1) is 6.04 Å². The average Bonchev–Trinajstić information content (AvgIpc) is 3.02. The van der Waals surface area contributed by atoms with Crippen LogP contribution in [-0.4, -0.2) is 23.5 Å². The summed E-state index contributed by atoms with van der Waals surface area (Å²) in [7, 11) is 0. The van der Waals surface area contributed by atoms with E-state index < -0.39 is 29.9 Å². The van der Waals surface area contributed by atoms with Crippen molar-refractivity contribution in [2.45, 2.75) is 37.9 Å². The molecule has 5 nitrogen and oxygen atoms in total. The van der Waals surface area contributed by atoms with Crippen molar-refractivity contribution in [3.05, 3.63) is 88.4 Å². The fourth-order valence-corrected chi connectivity index (χ4v) is 4.60. The highest BCUT2D eigenvalue weighted by molar-refractivity contribution is 6.31. The molecule has 10 heteroatoms. The number of halogens is 5. The third-order valence-electron chi connectivity index (χ3n) is 5.76. The fraction of sp³-hybridized carbons (Fsp3) is 0.240. The van der Waals surface area contributed by atoms with E-state index in [1.165, 1.54) is 21.9 Å². The molecule has 0 spiro atoms. The number of hydrogen-bond acceptors (Lipinski definition) is 3. The second kappa shape index (κ2) is 9.60. The molecule has 1 aliphatic heterocycles. The Morgan fingerprint density at radius 1 is 0.971 bits per heavy atom. The first-order valence-electron chi connectivity index (χ1n) is 10.8. The Balaban J connectivity index is 1.92. The number of carbonyl (C=O) groups excluding carboxylic acids is 1. The molecule has 1 N–H and O–H groups in total. The molecule has 0 radical (unpaired) electrons. The Labute approximate surface area is 210 Å². The first-order chi connectivity index (χ1) is 16.5. The van der Waals surface area contributed by atoms with Gasteiger partial charge in [0.2, 0.25) is 0 Å². The predicted octanol–water partition coefficient (Wildman–Crippen LogP) is 7.35. The van der Waals surface area contributed by atoms with Gasteiger partial charge in [0.15, 0.2) is 5.72 Å². The molecule has 0 saturated carbocycles. The van der Waals surface area contributed by atoms with E-state index in [4.69, 9.17) is 23.2 Å². The predicted molar refractivity (Wildman–Crippen MR) is 129 cm³/mol. The zero-order chi connectivity index (χ0) is 25.4. The van der Waals surface area contributed by atoms with E-state index >= 15 is 0 Å². The van der Waals surface area contributed by atoms with Gasteiger partial charge >= 0.3 is 12.4 Å². The SMILES string of the molecule is CCC[C@@H]1N(c2ccc(Cl)cc2)C(=O)N(c2ccc(Cl)cc2)C1(O)c1cccc(OC(F)(F)F)c1. The molecular weight excluding hydrogens is 504 g/mol. The van der Waals surface area contributed by atoms with Crippen LogP contribution in [0.5, 0.6) is 5.75 Å². The summed E-state index contributed by atoms with van der Waals surface area (Å²) < 4.78 is 42.8. The molecule has 3 aromatic rings. The summed E-state index contributed by atoms with van der Waals surface area (Å²) in [4.78, 5) is 16.5. The minimum Gasteiger partial charge on any atom is -0.406 e. The van der Waals surface area contributed by atoms with E-state index in [1.54, 1.807) is 48.5 Å². The summed E-state index contributed by atoms with van der Waals surface area (Å²) in [6.07, 6.45) is -3.99. The van der Waals surface area contributed by atoms with E-state index in [0.717, 1.165) is 12.1 Å². The number of benzene rings is 3. The quantitative estimate of drug-likeness (QED) is 0.366. The second-order valence-electron chi connectivity index (χ2n) is 8.05. The van der Waals surface area contributed by atoms with Crippen molar-refractivity contribution in [1.29, 1.82) is 0 Å². The number of urea groups is 1. The Bertz CT molecular complexity index is 1210. The minimum absolute atomic E-state index is 0.0671. The van der Waals surface area contributed by atoms with Crippen molar-refractivity contribution < 1.29 is 27.8 Å². The molecule has 3 aromatic carbocycles. The molecule has 1 unspecified atom stereocenters. The molecule has 0 aromatic heterocycles. The molecule has 4 rings (SSSR count). The van der Waals surface area contributed by atoms with Crippen LogP contribution in [0.3, 0.4) is 0 Å². The van der Waals surface area contributed by atoms with Gasteiger partial charge in [-0.1, -0.05) is 48.7 Å². The van der Waals surface area contributed by atoms with Crippen LogP contribution < -0.4 is 14.5 Å². The molecule has 1 heterocycles. The highest BCUT2D eigenvalue weighted by Crippen LogP contribution is 2.47. The number of hydrogen-bond donors (Lipinski definition) is 1. The molecule has 0 bridgehead atoms. The molecule has 184 valence electrons. The number of carbonyl (C=O) groups is 1. The summed E-state index contributed by atoms with van der Waals surface area (Å²) >= 11 is 12.1. The van der Waals surface area contributed by atoms with Crippen molar-refractivity contribution in [3.63, 3.8) is 0 Å². The largest absolute Gasteiger partial charge is 0.573 e. The lowest BCUT2D eigenvalue weighted by Gasteiger charge is -2.37. The molecular formula is C25H21Cl2F3N2O3. The maximum atomic E-state index is 13.9. The van der Waals surface area contributed by atoms with E-state index in [2.05, 4.69) is 4.74 Å². The Hall–Kier alpha value is -2.94. The first-order valence-corrected chi connectivity index (χ1v) is 11.5. The maximum absolute atomic E-state index is 13.9. The van der Waals surface area contributed by atoms with Crippen LogP contribution in [0.1, 0.15) is 25.3 Å². The van der Waals surface area contributed by atoms with E-state index in [1.807, 2.05) is 6.92 Å². The number of alkyl halides is 3. The fourth-order valence-electron chi connectivity index (χ4n) is 4.35. The summed E-state index contributed by atoms with van der Waals surface area (Å²) in [5, 5.41) is 13.2. The smallest absolute Gasteiger partial charge is 0.406 e. The van der Waals surface area contributed by atoms with Crippen LogP contribution in [0.2, 0.25) is 10.0 Å². The van der Waals surface area contributed by atoms with Gasteiger partial charge in [0.25, 0.3) is 0 Å². The van der Waals surface area contributed by atoms with Gasteiger partial charge in [-0.3, -0.25) is 9.80 Å². The molecule has 2 atom stereocenters. The standard InChI is InChI=1S/C25H21Cl2F3N2O3/c1-2-4-22-24(34,16-5-3-6-21(15-16)35-25(28,29)30)32(20-13-9-18(27)10-14-20)23(33)31(22)19-11-7-17(26)8-12-19/h3,5-15,22,34H,2,4H2,1H3/t22-,24?/m0/s1. The number of anilines is 2. The topological polar surface area (TPSA) is 53.0 Å². The van der Waals surface area contributed by atoms with Gasteiger partial charge in [-0.15, -0.1) is 13.2 Å². The van der Waals surface area contributed by atoms with Crippen molar-refractivity contribution in [1.82, 2.24) is 0 Å². The highest BCUT2D eigenvalue weighted by atomic mass is 35.5. The van der Waals surface area contributed by atoms with Crippen molar-refractivity contribution in [2.24, 2.45) is 0 Å². The summed E-state index contributed by atoms with van der Waals surface area (Å²) in [5.41, 5.74) is -1.17. The highest BCUT2D eigenvalue weighted by Gasteiger charge is 2.58. The van der Waals surface area contributed by atoms with Crippen LogP contribution >= 0.6 is 23.2 Å². The van der Waals surface area contributed by atoms with E-state index in [9.17, 15) is 23.1 Å². The lowest BCUT2D eigenvalue weighted by molar-refractivity contribution is -0.274. The number of ether oxygens (including phenoxy) is 1. The summed E-state index contributed by atoms with van der Waals surface area (Å²) in [6.45, 7) is 1.89. The Morgan fingerprint density at radius 3 is 2.09 bits per heavy atom. The first kappa shape index (κ1) is 25.2. The normalized spacial score (nSPS) is 20.4. The molecule has 2 amide bonds. The van der Waals surface area contributed by atoms with Crippen LogP contribution in [0.4, 0.5) is 29.3 Å². The van der Waals surface area contributed by atoms with Crippen LogP contribution in [0, 0.1) is 0 Å². The lowest BCUT2D eigenvalue weighted by Crippen LogP contribution is -2.49. The van der Waals surface area contributed by atoms with Crippen LogP contribution in [0.15, 0.2) is 72.8 Å². The molecule has 1 saturated heterocycles. The van der Waals surface area contributed by atoms with Gasteiger partial charge < -0.3 is 9.84 Å². The third kappa shape index (κ3) is 4.91. The monoisotopic (exact) mass is 524 g/mol. The van der Waals surface area contributed by atoms with Crippen LogP contribution in [0.25, 0.3) is 0 Å². The summed E-state index contributed by atoms with van der Waals surface area (Å²) in [6, 6.07) is 16.4. The van der Waals surface area contributed by atoms with E-state index in [-0.39, 0.29) is 5.56 Å². The number of nitrogens with zero attached hydrogens (tertiary/aromatic N) is 2. The van der Waals surface area contributed by atoms with Gasteiger partial charge in [-0.25, -0.2) is 4.79 Å². The Kier molecular flexibility index (Phi) is 6.90. The molecule has 1 fully saturated rings. The average molecular weight is 525 g/mol. The molecule has 1 aliphatic rings. The van der Waals surface area contributed by atoms with Crippen LogP contribution in [-0.2, 0) is 5.72 Å². The number of rotatable bonds is 6. The second-order valence-corrected chi connectivity index (χ2v) is 8.92. The Morgan fingerprint density at radius 2 is 1.54 bits per heavy atom. The zero-order valence-corrected chi connectivity index (χ0v) is 20.0. The maximum Gasteiger partial charge on any atom is 0.573 e. The van der Waals surface area contributed by atoms with Gasteiger partial charge in [0, 0.05) is 27.0 Å². The summed E-state index contributed by atoms with van der Waals surface area (Å²) in [5.74, 6) is -0.507. The zero-order valence-electron chi connectivity index (χ0n) is 18.5. The minimum atomic E-state index is -4.92.